The molecule has 3 heterocycles. The van der Waals surface area contributed by atoms with Crippen LogP contribution in [0.25, 0.3) is 0 Å². The van der Waals surface area contributed by atoms with Crippen molar-refractivity contribution in [3.8, 4) is 0 Å². The fraction of sp³-hybridized carbons (Fsp3) is 0.438. The molecule has 9 heteroatoms. The normalized spacial score (nSPS) is 20.9. The summed E-state index contributed by atoms with van der Waals surface area (Å²) in [6.07, 6.45) is 9.59. The van der Waals surface area contributed by atoms with E-state index in [0.29, 0.717) is 23.1 Å². The van der Waals surface area contributed by atoms with Crippen molar-refractivity contribution in [1.29, 1.82) is 0 Å². The first-order chi connectivity index (χ1) is 20.0. The quantitative estimate of drug-likeness (QED) is 0.360. The average molecular weight is 554 g/mol. The van der Waals surface area contributed by atoms with E-state index in [1.165, 1.54) is 43.4 Å². The van der Waals surface area contributed by atoms with Gasteiger partial charge in [0.2, 0.25) is 0 Å². The predicted octanol–water partition coefficient (Wildman–Crippen LogP) is 4.97. The van der Waals surface area contributed by atoms with E-state index in [4.69, 9.17) is 10.7 Å². The highest BCUT2D eigenvalue weighted by molar-refractivity contribution is 5.96. The summed E-state index contributed by atoms with van der Waals surface area (Å²) >= 11 is 0. The van der Waals surface area contributed by atoms with Crippen LogP contribution in [0.3, 0.4) is 0 Å². The van der Waals surface area contributed by atoms with E-state index in [1.807, 2.05) is 24.3 Å². The summed E-state index contributed by atoms with van der Waals surface area (Å²) in [4.78, 5) is 39.0. The number of nitrogens with zero attached hydrogens (tertiary/aromatic N) is 4. The minimum atomic E-state index is -0.638. The van der Waals surface area contributed by atoms with Crippen molar-refractivity contribution in [1.82, 2.24) is 15.3 Å². The van der Waals surface area contributed by atoms with Crippen molar-refractivity contribution in [2.75, 3.05) is 34.8 Å². The Morgan fingerprint density at radius 2 is 1.63 bits per heavy atom. The third-order valence-electron chi connectivity index (χ3n) is 8.66. The Morgan fingerprint density at radius 3 is 2.32 bits per heavy atom. The highest BCUT2D eigenvalue weighted by atomic mass is 16.2. The molecule has 2 atom stereocenters. The van der Waals surface area contributed by atoms with Gasteiger partial charge in [-0.2, -0.15) is 0 Å². The summed E-state index contributed by atoms with van der Waals surface area (Å²) in [5.74, 6) is 0.939. The molecule has 6 rings (SSSR count). The summed E-state index contributed by atoms with van der Waals surface area (Å²) < 4.78 is 0. The average Bonchev–Trinajstić information content (AvgIpc) is 3.85. The maximum atomic E-state index is 13.1. The van der Waals surface area contributed by atoms with E-state index in [-0.39, 0.29) is 23.7 Å². The van der Waals surface area contributed by atoms with Crippen LogP contribution in [-0.4, -0.2) is 53.5 Å². The number of nitrogens with two attached hydrogens (primary N) is 1. The molecular weight excluding hydrogens is 514 g/mol. The van der Waals surface area contributed by atoms with E-state index in [0.717, 1.165) is 38.2 Å². The molecule has 0 unspecified atom stereocenters. The van der Waals surface area contributed by atoms with Gasteiger partial charge in [-0.25, -0.2) is 9.97 Å². The largest absolute Gasteiger partial charge is 0.372 e. The SMILES string of the molecule is C[C@@H]1[C@H](NC(=O)c2ccc(C3CC3)cc2)CCCN1c1cnc(C(N)=O)c(Nc2ccc(N3CCCCC3)cc2)n1. The molecule has 9 nitrogen and oxygen atoms in total. The van der Waals surface area contributed by atoms with Crippen molar-refractivity contribution in [2.24, 2.45) is 5.73 Å². The fourth-order valence-corrected chi connectivity index (χ4v) is 6.06. The fourth-order valence-electron chi connectivity index (χ4n) is 6.06. The third-order valence-corrected chi connectivity index (χ3v) is 8.66. The van der Waals surface area contributed by atoms with Gasteiger partial charge in [0.25, 0.3) is 11.8 Å². The first-order valence-electron chi connectivity index (χ1n) is 14.9. The number of hydrogen-bond acceptors (Lipinski definition) is 7. The molecule has 3 fully saturated rings. The molecule has 1 aromatic heterocycles. The Kier molecular flexibility index (Phi) is 7.76. The topological polar surface area (TPSA) is 116 Å². The van der Waals surface area contributed by atoms with E-state index < -0.39 is 5.91 Å². The van der Waals surface area contributed by atoms with Crippen molar-refractivity contribution in [3.05, 3.63) is 71.5 Å². The van der Waals surface area contributed by atoms with Crippen molar-refractivity contribution in [2.45, 2.75) is 69.9 Å². The number of rotatable bonds is 8. The van der Waals surface area contributed by atoms with Gasteiger partial charge >= 0.3 is 0 Å². The minimum Gasteiger partial charge on any atom is -0.372 e. The summed E-state index contributed by atoms with van der Waals surface area (Å²) in [6, 6.07) is 16.1. The number of carbonyl (C=O) groups excluding carboxylic acids is 2. The number of anilines is 4. The van der Waals surface area contributed by atoms with Crippen LogP contribution in [-0.2, 0) is 0 Å². The molecule has 0 radical (unpaired) electrons. The van der Waals surface area contributed by atoms with E-state index in [2.05, 4.69) is 56.6 Å². The smallest absolute Gasteiger partial charge is 0.271 e. The molecule has 4 N–H and O–H groups in total. The number of hydrogen-bond donors (Lipinski definition) is 3. The first-order valence-corrected chi connectivity index (χ1v) is 14.9. The van der Waals surface area contributed by atoms with Crippen LogP contribution in [0.2, 0.25) is 0 Å². The molecule has 2 aromatic carbocycles. The second-order valence-corrected chi connectivity index (χ2v) is 11.6. The summed E-state index contributed by atoms with van der Waals surface area (Å²) in [5.41, 5.74) is 9.76. The van der Waals surface area contributed by atoms with Crippen LogP contribution < -0.4 is 26.2 Å². The number of aromatic nitrogens is 2. The lowest BCUT2D eigenvalue weighted by Gasteiger charge is -2.40. The second kappa shape index (κ2) is 11.8. The lowest BCUT2D eigenvalue weighted by Crippen LogP contribution is -2.54. The molecule has 2 amide bonds. The monoisotopic (exact) mass is 553 g/mol. The third kappa shape index (κ3) is 6.14. The van der Waals surface area contributed by atoms with Gasteiger partial charge < -0.3 is 26.2 Å². The number of primary amides is 1. The summed E-state index contributed by atoms with van der Waals surface area (Å²) in [6.45, 7) is 5.02. The Hall–Kier alpha value is -4.14. The lowest BCUT2D eigenvalue weighted by atomic mass is 9.97. The zero-order valence-electron chi connectivity index (χ0n) is 23.7. The molecule has 3 aliphatic rings. The van der Waals surface area contributed by atoms with Crippen molar-refractivity contribution in [3.63, 3.8) is 0 Å². The maximum absolute atomic E-state index is 13.1. The summed E-state index contributed by atoms with van der Waals surface area (Å²) in [7, 11) is 0. The second-order valence-electron chi connectivity index (χ2n) is 11.6. The number of nitrogens with one attached hydrogen (secondary N) is 2. The number of amides is 2. The molecule has 41 heavy (non-hydrogen) atoms. The van der Waals surface area contributed by atoms with Gasteiger partial charge in [-0.05, 0) is 99.7 Å². The zero-order valence-corrected chi connectivity index (χ0v) is 23.7. The zero-order chi connectivity index (χ0) is 28.3. The predicted molar refractivity (Wildman–Crippen MR) is 162 cm³/mol. The van der Waals surface area contributed by atoms with Gasteiger partial charge in [0.1, 0.15) is 5.82 Å². The van der Waals surface area contributed by atoms with E-state index in [9.17, 15) is 9.59 Å². The molecule has 0 bridgehead atoms. The van der Waals surface area contributed by atoms with Crippen LogP contribution in [0.5, 0.6) is 0 Å². The molecule has 2 aliphatic heterocycles. The Balaban J connectivity index is 1.16. The van der Waals surface area contributed by atoms with Crippen LogP contribution in [0.4, 0.5) is 23.0 Å². The first kappa shape index (κ1) is 27.1. The molecular formula is C32H39N7O2. The van der Waals surface area contributed by atoms with E-state index >= 15 is 0 Å². The Morgan fingerprint density at radius 1 is 0.902 bits per heavy atom. The van der Waals surface area contributed by atoms with Crippen molar-refractivity contribution >= 4 is 34.8 Å². The van der Waals surface area contributed by atoms with Crippen LogP contribution in [0, 0.1) is 0 Å². The Labute approximate surface area is 241 Å². The molecule has 3 aromatic rings. The number of benzene rings is 2. The standard InChI is InChI=1S/C32H39N7O2/c1-21-27(36-32(41)24-11-9-23(10-12-24)22-7-8-22)6-5-19-39(21)28-20-34-29(30(33)40)31(37-28)35-25-13-15-26(16-14-25)38-17-3-2-4-18-38/h9-16,20-22,27H,2-8,17-19H2,1H3,(H2,33,40)(H,35,37)(H,36,41)/t21-,27-/m1/s1. The van der Waals surface area contributed by atoms with Crippen LogP contribution in [0.1, 0.15) is 84.2 Å². The molecule has 0 spiro atoms. The van der Waals surface area contributed by atoms with Crippen LogP contribution >= 0.6 is 0 Å². The Bertz CT molecular complexity index is 1380. The molecule has 1 saturated carbocycles. The van der Waals surface area contributed by atoms with Crippen LogP contribution in [0.15, 0.2) is 54.7 Å². The lowest BCUT2D eigenvalue weighted by molar-refractivity contribution is 0.0923. The number of piperidine rings is 2. The molecule has 2 saturated heterocycles. The molecule has 1 aliphatic carbocycles. The van der Waals surface area contributed by atoms with Gasteiger partial charge in [0, 0.05) is 48.7 Å². The van der Waals surface area contributed by atoms with Gasteiger partial charge in [-0.15, -0.1) is 0 Å². The van der Waals surface area contributed by atoms with Gasteiger partial charge in [-0.1, -0.05) is 12.1 Å². The van der Waals surface area contributed by atoms with Crippen molar-refractivity contribution < 1.29 is 9.59 Å². The van der Waals surface area contributed by atoms with Gasteiger partial charge in [0.15, 0.2) is 11.5 Å². The summed E-state index contributed by atoms with van der Waals surface area (Å²) in [5, 5.41) is 6.51. The highest BCUT2D eigenvalue weighted by Gasteiger charge is 2.31. The highest BCUT2D eigenvalue weighted by Crippen LogP contribution is 2.40. The van der Waals surface area contributed by atoms with Gasteiger partial charge in [0.05, 0.1) is 6.20 Å². The minimum absolute atomic E-state index is 0.0103. The molecule has 214 valence electrons. The van der Waals surface area contributed by atoms with E-state index in [1.54, 1.807) is 6.20 Å². The van der Waals surface area contributed by atoms with Gasteiger partial charge in [-0.3, -0.25) is 9.59 Å². The maximum Gasteiger partial charge on any atom is 0.271 e. The number of carbonyl (C=O) groups is 2.